The Morgan fingerprint density at radius 2 is 1.42 bits per heavy atom. The summed E-state index contributed by atoms with van der Waals surface area (Å²) in [4.78, 5) is 0. The van der Waals surface area contributed by atoms with E-state index in [4.69, 9.17) is 0 Å². The van der Waals surface area contributed by atoms with Gasteiger partial charge >= 0.3 is 23.9 Å². The van der Waals surface area contributed by atoms with Crippen LogP contribution in [0.15, 0.2) is 24.3 Å². The Bertz CT molecular complexity index is 571. The van der Waals surface area contributed by atoms with Crippen LogP contribution in [0.3, 0.4) is 0 Å². The van der Waals surface area contributed by atoms with Gasteiger partial charge in [0.15, 0.2) is 0 Å². The third-order valence-electron chi connectivity index (χ3n) is 3.19. The first-order valence-electron chi connectivity index (χ1n) is 6.16. The molecule has 0 N–H and O–H groups in total. The number of ether oxygens (including phenoxy) is 1. The van der Waals surface area contributed by atoms with Gasteiger partial charge in [0.05, 0.1) is 6.10 Å². The number of alkyl halides is 9. The van der Waals surface area contributed by atoms with Crippen LogP contribution in [0.1, 0.15) is 18.1 Å². The minimum absolute atomic E-state index is 0.0357. The van der Waals surface area contributed by atoms with Crippen molar-refractivity contribution >= 4 is 22.6 Å². The van der Waals surface area contributed by atoms with E-state index in [9.17, 15) is 39.5 Å². The lowest BCUT2D eigenvalue weighted by Gasteiger charge is -2.35. The minimum Gasteiger partial charge on any atom is -0.376 e. The molecular weight excluding hydrogens is 470 g/mol. The highest BCUT2D eigenvalue weighted by Crippen LogP contribution is 2.55. The number of hydrogen-bond donors (Lipinski definition) is 0. The maximum Gasteiger partial charge on any atom is 0.460 e. The molecule has 0 aromatic heterocycles. The van der Waals surface area contributed by atoms with Crippen molar-refractivity contribution in [2.75, 3.05) is 7.11 Å². The van der Waals surface area contributed by atoms with Gasteiger partial charge in [0.2, 0.25) is 0 Å². The number of halogens is 10. The lowest BCUT2D eigenvalue weighted by atomic mass is 9.95. The van der Waals surface area contributed by atoms with Gasteiger partial charge in [-0.2, -0.15) is 39.5 Å². The van der Waals surface area contributed by atoms with Crippen LogP contribution in [0.2, 0.25) is 0 Å². The van der Waals surface area contributed by atoms with Crippen molar-refractivity contribution in [1.29, 1.82) is 0 Å². The number of benzene rings is 1. The normalized spacial score (nSPS) is 15.5. The second-order valence-electron chi connectivity index (χ2n) is 4.80. The Morgan fingerprint density at radius 3 is 1.83 bits per heavy atom. The van der Waals surface area contributed by atoms with Crippen LogP contribution in [0.5, 0.6) is 0 Å². The van der Waals surface area contributed by atoms with Crippen LogP contribution in [0, 0.1) is 3.57 Å². The van der Waals surface area contributed by atoms with E-state index in [1.54, 1.807) is 22.6 Å². The molecule has 138 valence electrons. The molecule has 0 heterocycles. The molecule has 1 aromatic carbocycles. The fourth-order valence-corrected chi connectivity index (χ4v) is 2.56. The molecule has 11 heteroatoms. The van der Waals surface area contributed by atoms with Crippen molar-refractivity contribution in [2.45, 2.75) is 36.5 Å². The average Bonchev–Trinajstić information content (AvgIpc) is 2.44. The van der Waals surface area contributed by atoms with Gasteiger partial charge in [-0.25, -0.2) is 0 Å². The number of rotatable bonds is 6. The summed E-state index contributed by atoms with van der Waals surface area (Å²) >= 11 is 1.66. The molecule has 24 heavy (non-hydrogen) atoms. The highest BCUT2D eigenvalue weighted by molar-refractivity contribution is 14.1. The van der Waals surface area contributed by atoms with Crippen LogP contribution < -0.4 is 0 Å². The quantitative estimate of drug-likeness (QED) is 0.368. The van der Waals surface area contributed by atoms with Crippen LogP contribution in [-0.2, 0) is 4.74 Å². The van der Waals surface area contributed by atoms with E-state index >= 15 is 0 Å². The zero-order valence-corrected chi connectivity index (χ0v) is 13.9. The third-order valence-corrected chi connectivity index (χ3v) is 4.17. The summed E-state index contributed by atoms with van der Waals surface area (Å²) in [7, 11) is 0.851. The molecule has 1 nitrogen and oxygen atoms in total. The van der Waals surface area contributed by atoms with Crippen molar-refractivity contribution < 1.29 is 44.3 Å². The Balaban J connectivity index is 3.21. The molecular formula is C13H10F9IO. The number of methoxy groups -OCH3 is 1. The predicted octanol–water partition coefficient (Wildman–Crippen LogP) is 5.84. The SMILES string of the molecule is COC(CC(F)(F)C(F)(F)C(F)(F)C(F)(F)F)c1ccccc1I. The summed E-state index contributed by atoms with van der Waals surface area (Å²) in [5, 5.41) is 0. The van der Waals surface area contributed by atoms with Crippen molar-refractivity contribution in [2.24, 2.45) is 0 Å². The van der Waals surface area contributed by atoms with Gasteiger partial charge in [0.1, 0.15) is 0 Å². The maximum atomic E-state index is 13.7. The van der Waals surface area contributed by atoms with E-state index < -0.39 is 36.5 Å². The van der Waals surface area contributed by atoms with E-state index in [0.717, 1.165) is 7.11 Å². The zero-order chi connectivity index (χ0) is 19.0. The first kappa shape index (κ1) is 21.3. The Morgan fingerprint density at radius 1 is 0.917 bits per heavy atom. The predicted molar refractivity (Wildman–Crippen MR) is 74.4 cm³/mol. The van der Waals surface area contributed by atoms with Crippen LogP contribution in [0.4, 0.5) is 39.5 Å². The molecule has 0 amide bonds. The summed E-state index contributed by atoms with van der Waals surface area (Å²) in [5.41, 5.74) is -0.0357. The fraction of sp³-hybridized carbons (Fsp3) is 0.538. The average molecular weight is 480 g/mol. The second-order valence-corrected chi connectivity index (χ2v) is 5.96. The monoisotopic (exact) mass is 480 g/mol. The van der Waals surface area contributed by atoms with E-state index in [2.05, 4.69) is 4.74 Å². The van der Waals surface area contributed by atoms with E-state index in [1.165, 1.54) is 24.3 Å². The highest BCUT2D eigenvalue weighted by atomic mass is 127. The van der Waals surface area contributed by atoms with Gasteiger partial charge in [-0.1, -0.05) is 18.2 Å². The van der Waals surface area contributed by atoms with Gasteiger partial charge in [-0.05, 0) is 34.2 Å². The summed E-state index contributed by atoms with van der Waals surface area (Å²) < 4.78 is 121. The first-order chi connectivity index (χ1) is 10.7. The molecule has 0 aliphatic heterocycles. The Hall–Kier alpha value is -0.720. The van der Waals surface area contributed by atoms with E-state index in [-0.39, 0.29) is 5.56 Å². The van der Waals surface area contributed by atoms with Crippen LogP contribution >= 0.6 is 22.6 Å². The zero-order valence-electron chi connectivity index (χ0n) is 11.8. The third kappa shape index (κ3) is 3.75. The Kier molecular flexibility index (Phi) is 6.12. The molecule has 0 bridgehead atoms. The molecule has 0 saturated carbocycles. The highest BCUT2D eigenvalue weighted by Gasteiger charge is 2.81. The summed E-state index contributed by atoms with van der Waals surface area (Å²) in [6.07, 6.45) is -10.7. The van der Waals surface area contributed by atoms with Crippen molar-refractivity contribution in [3.8, 4) is 0 Å². The molecule has 1 aromatic rings. The lowest BCUT2D eigenvalue weighted by molar-refractivity contribution is -0.398. The standard InChI is InChI=1S/C13H10F9IO/c1-24-9(7-4-2-3-5-8(7)23)6-10(14,15)11(16,17)12(18,19)13(20,21)22/h2-5,9H,6H2,1H3. The van der Waals surface area contributed by atoms with Gasteiger partial charge in [0, 0.05) is 17.1 Å². The molecule has 1 rings (SSSR count). The second kappa shape index (κ2) is 6.89. The van der Waals surface area contributed by atoms with Gasteiger partial charge in [-0.15, -0.1) is 0 Å². The Labute approximate surface area is 144 Å². The van der Waals surface area contributed by atoms with Gasteiger partial charge < -0.3 is 4.74 Å². The van der Waals surface area contributed by atoms with Crippen molar-refractivity contribution in [1.82, 2.24) is 0 Å². The lowest BCUT2D eigenvalue weighted by Crippen LogP contribution is -2.61. The number of hydrogen-bond acceptors (Lipinski definition) is 1. The summed E-state index contributed by atoms with van der Waals surface area (Å²) in [5.74, 6) is -19.2. The van der Waals surface area contributed by atoms with Crippen molar-refractivity contribution in [3.05, 3.63) is 33.4 Å². The smallest absolute Gasteiger partial charge is 0.376 e. The van der Waals surface area contributed by atoms with Gasteiger partial charge in [-0.3, -0.25) is 0 Å². The van der Waals surface area contributed by atoms with Crippen LogP contribution in [-0.4, -0.2) is 31.1 Å². The molecule has 0 radical (unpaired) electrons. The summed E-state index contributed by atoms with van der Waals surface area (Å²) in [6, 6.07) is 5.46. The maximum absolute atomic E-state index is 13.7. The van der Waals surface area contributed by atoms with Crippen LogP contribution in [0.25, 0.3) is 0 Å². The van der Waals surface area contributed by atoms with Gasteiger partial charge in [0.25, 0.3) is 0 Å². The van der Waals surface area contributed by atoms with E-state index in [1.807, 2.05) is 0 Å². The first-order valence-corrected chi connectivity index (χ1v) is 7.24. The molecule has 0 spiro atoms. The summed E-state index contributed by atoms with van der Waals surface area (Å²) in [6.45, 7) is 0. The minimum atomic E-state index is -6.90. The molecule has 0 aliphatic carbocycles. The fourth-order valence-electron chi connectivity index (χ4n) is 1.83. The molecule has 0 fully saturated rings. The molecule has 1 atom stereocenters. The molecule has 0 saturated heterocycles. The molecule has 0 aliphatic rings. The van der Waals surface area contributed by atoms with Crippen molar-refractivity contribution in [3.63, 3.8) is 0 Å². The largest absolute Gasteiger partial charge is 0.460 e. The van der Waals surface area contributed by atoms with E-state index in [0.29, 0.717) is 3.57 Å². The topological polar surface area (TPSA) is 9.23 Å². The molecule has 1 unspecified atom stereocenters.